The molecule has 1 amide bonds. The summed E-state index contributed by atoms with van der Waals surface area (Å²) in [5.41, 5.74) is 2.29. The maximum Gasteiger partial charge on any atom is 0.260 e. The van der Waals surface area contributed by atoms with Crippen molar-refractivity contribution in [2.45, 2.75) is 34.1 Å². The van der Waals surface area contributed by atoms with Crippen molar-refractivity contribution in [1.29, 1.82) is 0 Å². The molecule has 0 bridgehead atoms. The minimum atomic E-state index is 0.100. The van der Waals surface area contributed by atoms with Crippen molar-refractivity contribution >= 4 is 5.91 Å². The third kappa shape index (κ3) is 3.75. The number of carbonyl (C=O) groups is 1. The van der Waals surface area contributed by atoms with Crippen LogP contribution in [0, 0.1) is 25.7 Å². The Balaban J connectivity index is 1.91. The largest absolute Gasteiger partial charge is 0.484 e. The van der Waals surface area contributed by atoms with Crippen molar-refractivity contribution in [3.8, 4) is 5.75 Å². The van der Waals surface area contributed by atoms with Crippen LogP contribution in [0.2, 0.25) is 0 Å². The average molecular weight is 275 g/mol. The van der Waals surface area contributed by atoms with E-state index in [0.29, 0.717) is 11.8 Å². The van der Waals surface area contributed by atoms with E-state index in [4.69, 9.17) is 4.74 Å². The first-order valence-corrected chi connectivity index (χ1v) is 7.43. The van der Waals surface area contributed by atoms with Gasteiger partial charge in [0.05, 0.1) is 0 Å². The molecule has 3 nitrogen and oxygen atoms in total. The topological polar surface area (TPSA) is 29.5 Å². The molecule has 1 saturated heterocycles. The van der Waals surface area contributed by atoms with Crippen molar-refractivity contribution in [3.05, 3.63) is 29.3 Å². The summed E-state index contributed by atoms with van der Waals surface area (Å²) in [4.78, 5) is 14.2. The number of hydrogen-bond acceptors (Lipinski definition) is 2. The monoisotopic (exact) mass is 275 g/mol. The summed E-state index contributed by atoms with van der Waals surface area (Å²) in [6.07, 6.45) is 1.21. The van der Waals surface area contributed by atoms with E-state index in [2.05, 4.69) is 26.8 Å². The minimum Gasteiger partial charge on any atom is -0.484 e. The molecule has 110 valence electrons. The van der Waals surface area contributed by atoms with Gasteiger partial charge in [-0.15, -0.1) is 0 Å². The number of likely N-dealkylation sites (tertiary alicyclic amines) is 1. The average Bonchev–Trinajstić information content (AvgIpc) is 2.36. The van der Waals surface area contributed by atoms with Crippen LogP contribution in [0.25, 0.3) is 0 Å². The summed E-state index contributed by atoms with van der Waals surface area (Å²) in [6, 6.07) is 6.03. The number of nitrogens with zero attached hydrogens (tertiary/aromatic N) is 1. The summed E-state index contributed by atoms with van der Waals surface area (Å²) < 4.78 is 5.69. The maximum absolute atomic E-state index is 12.2. The molecule has 0 spiro atoms. The first-order valence-electron chi connectivity index (χ1n) is 7.43. The number of carbonyl (C=O) groups excluding carboxylic acids is 1. The standard InChI is InChI=1S/C17H25NO2/c1-12-5-6-16(15(4)8-12)20-11-17(19)18-9-13(2)7-14(3)10-18/h5-6,8,13-14H,7,9-11H2,1-4H3/t13-,14+. The molecule has 3 heteroatoms. The van der Waals surface area contributed by atoms with Crippen LogP contribution in [0.5, 0.6) is 5.75 Å². The molecule has 1 aromatic carbocycles. The minimum absolute atomic E-state index is 0.100. The zero-order chi connectivity index (χ0) is 14.7. The van der Waals surface area contributed by atoms with Crippen LogP contribution in [-0.2, 0) is 4.79 Å². The smallest absolute Gasteiger partial charge is 0.260 e. The lowest BCUT2D eigenvalue weighted by Gasteiger charge is -2.34. The molecule has 2 atom stereocenters. The Morgan fingerprint density at radius 3 is 2.50 bits per heavy atom. The molecule has 0 aliphatic carbocycles. The SMILES string of the molecule is Cc1ccc(OCC(=O)N2C[C@H](C)C[C@H](C)C2)c(C)c1. The number of aryl methyl sites for hydroxylation is 2. The molecule has 0 unspecified atom stereocenters. The highest BCUT2D eigenvalue weighted by Crippen LogP contribution is 2.22. The first kappa shape index (κ1) is 14.9. The molecule has 1 aromatic rings. The number of rotatable bonds is 3. The van der Waals surface area contributed by atoms with Crippen LogP contribution in [0.3, 0.4) is 0 Å². The van der Waals surface area contributed by atoms with Crippen molar-refractivity contribution in [3.63, 3.8) is 0 Å². The zero-order valence-electron chi connectivity index (χ0n) is 13.0. The highest BCUT2D eigenvalue weighted by molar-refractivity contribution is 5.78. The molecule has 1 fully saturated rings. The number of amides is 1. The number of hydrogen-bond donors (Lipinski definition) is 0. The molecule has 20 heavy (non-hydrogen) atoms. The molecule has 0 radical (unpaired) electrons. The Morgan fingerprint density at radius 2 is 1.90 bits per heavy atom. The van der Waals surface area contributed by atoms with Gasteiger partial charge in [0, 0.05) is 13.1 Å². The lowest BCUT2D eigenvalue weighted by atomic mass is 9.92. The summed E-state index contributed by atoms with van der Waals surface area (Å²) in [5.74, 6) is 2.08. The van der Waals surface area contributed by atoms with Crippen LogP contribution in [0.1, 0.15) is 31.4 Å². The third-order valence-electron chi connectivity index (χ3n) is 3.90. The second-order valence-electron chi connectivity index (χ2n) is 6.30. The van der Waals surface area contributed by atoms with E-state index in [-0.39, 0.29) is 12.5 Å². The quantitative estimate of drug-likeness (QED) is 0.848. The van der Waals surface area contributed by atoms with Crippen LogP contribution in [0.4, 0.5) is 0 Å². The lowest BCUT2D eigenvalue weighted by molar-refractivity contribution is -0.136. The molecular formula is C17H25NO2. The van der Waals surface area contributed by atoms with Gasteiger partial charge in [0.25, 0.3) is 5.91 Å². The lowest BCUT2D eigenvalue weighted by Crippen LogP contribution is -2.44. The molecule has 1 heterocycles. The maximum atomic E-state index is 12.2. The number of piperidine rings is 1. The molecule has 1 aliphatic heterocycles. The van der Waals surface area contributed by atoms with Crippen molar-refractivity contribution in [2.75, 3.05) is 19.7 Å². The Bertz CT molecular complexity index is 474. The van der Waals surface area contributed by atoms with Gasteiger partial charge in [-0.1, -0.05) is 31.5 Å². The van der Waals surface area contributed by atoms with Gasteiger partial charge in [0.2, 0.25) is 0 Å². The van der Waals surface area contributed by atoms with Crippen molar-refractivity contribution in [1.82, 2.24) is 4.90 Å². The van der Waals surface area contributed by atoms with Crippen molar-refractivity contribution in [2.24, 2.45) is 11.8 Å². The highest BCUT2D eigenvalue weighted by Gasteiger charge is 2.25. The van der Waals surface area contributed by atoms with E-state index < -0.39 is 0 Å². The van der Waals surface area contributed by atoms with Crippen LogP contribution >= 0.6 is 0 Å². The fourth-order valence-corrected chi connectivity index (χ4v) is 3.06. The van der Waals surface area contributed by atoms with Crippen LogP contribution < -0.4 is 4.74 Å². The van der Waals surface area contributed by atoms with Gasteiger partial charge >= 0.3 is 0 Å². The summed E-state index contributed by atoms with van der Waals surface area (Å²) in [5, 5.41) is 0. The van der Waals surface area contributed by atoms with E-state index >= 15 is 0 Å². The molecule has 0 aromatic heterocycles. The Kier molecular flexibility index (Phi) is 4.69. The van der Waals surface area contributed by atoms with E-state index in [1.807, 2.05) is 24.0 Å². The summed E-state index contributed by atoms with van der Waals surface area (Å²) in [6.45, 7) is 10.3. The van der Waals surface area contributed by atoms with E-state index in [1.165, 1.54) is 12.0 Å². The second kappa shape index (κ2) is 6.29. The second-order valence-corrected chi connectivity index (χ2v) is 6.30. The van der Waals surface area contributed by atoms with E-state index in [0.717, 1.165) is 24.4 Å². The van der Waals surface area contributed by atoms with Gasteiger partial charge in [0.15, 0.2) is 6.61 Å². The van der Waals surface area contributed by atoms with Gasteiger partial charge < -0.3 is 9.64 Å². The molecular weight excluding hydrogens is 250 g/mol. The van der Waals surface area contributed by atoms with Crippen molar-refractivity contribution < 1.29 is 9.53 Å². The fourth-order valence-electron chi connectivity index (χ4n) is 3.06. The molecule has 2 rings (SSSR count). The van der Waals surface area contributed by atoms with Gasteiger partial charge in [-0.3, -0.25) is 4.79 Å². The van der Waals surface area contributed by atoms with Gasteiger partial charge in [0.1, 0.15) is 5.75 Å². The first-order chi connectivity index (χ1) is 9.45. The predicted molar refractivity (Wildman–Crippen MR) is 80.9 cm³/mol. The normalized spacial score (nSPS) is 22.7. The fraction of sp³-hybridized carbons (Fsp3) is 0.588. The zero-order valence-corrected chi connectivity index (χ0v) is 13.0. The molecule has 0 N–H and O–H groups in total. The Hall–Kier alpha value is -1.51. The Morgan fingerprint density at radius 1 is 1.25 bits per heavy atom. The van der Waals surface area contributed by atoms with E-state index in [9.17, 15) is 4.79 Å². The summed E-state index contributed by atoms with van der Waals surface area (Å²) in [7, 11) is 0. The van der Waals surface area contributed by atoms with Crippen LogP contribution in [-0.4, -0.2) is 30.5 Å². The molecule has 1 aliphatic rings. The Labute approximate surface area is 121 Å². The number of ether oxygens (including phenoxy) is 1. The highest BCUT2D eigenvalue weighted by atomic mass is 16.5. The van der Waals surface area contributed by atoms with Gasteiger partial charge in [-0.25, -0.2) is 0 Å². The van der Waals surface area contributed by atoms with E-state index in [1.54, 1.807) is 0 Å². The van der Waals surface area contributed by atoms with Gasteiger partial charge in [-0.2, -0.15) is 0 Å². The van der Waals surface area contributed by atoms with Gasteiger partial charge in [-0.05, 0) is 43.7 Å². The third-order valence-corrected chi connectivity index (χ3v) is 3.90. The number of benzene rings is 1. The summed E-state index contributed by atoms with van der Waals surface area (Å²) >= 11 is 0. The predicted octanol–water partition coefficient (Wildman–Crippen LogP) is 3.19. The molecule has 0 saturated carbocycles. The van der Waals surface area contributed by atoms with Crippen LogP contribution in [0.15, 0.2) is 18.2 Å².